The smallest absolute Gasteiger partial charge is 0.243 e. The van der Waals surface area contributed by atoms with Gasteiger partial charge in [0.25, 0.3) is 0 Å². The number of benzene rings is 1. The fourth-order valence-electron chi connectivity index (χ4n) is 2.11. The van der Waals surface area contributed by atoms with Gasteiger partial charge in [-0.3, -0.25) is 4.98 Å². The van der Waals surface area contributed by atoms with Crippen LogP contribution in [0, 0.1) is 11.3 Å². The Kier molecular flexibility index (Phi) is 6.15. The third-order valence-corrected chi connectivity index (χ3v) is 5.45. The van der Waals surface area contributed by atoms with Crippen molar-refractivity contribution < 1.29 is 13.2 Å². The minimum Gasteiger partial charge on any atom is -0.495 e. The Morgan fingerprint density at radius 2 is 2.17 bits per heavy atom. The number of rotatable bonds is 7. The van der Waals surface area contributed by atoms with Gasteiger partial charge in [0.2, 0.25) is 10.0 Å². The van der Waals surface area contributed by atoms with Crippen LogP contribution < -0.4 is 4.74 Å². The van der Waals surface area contributed by atoms with Gasteiger partial charge in [-0.2, -0.15) is 9.57 Å². The minimum absolute atomic E-state index is 0.0510. The summed E-state index contributed by atoms with van der Waals surface area (Å²) in [6, 6.07) is 9.76. The molecule has 24 heavy (non-hydrogen) atoms. The first kappa shape index (κ1) is 18.2. The lowest BCUT2D eigenvalue weighted by molar-refractivity contribution is 0.410. The molecule has 0 unspecified atom stereocenters. The lowest BCUT2D eigenvalue weighted by Crippen LogP contribution is -2.31. The number of ether oxygens (including phenoxy) is 1. The molecule has 0 N–H and O–H groups in total. The lowest BCUT2D eigenvalue weighted by Gasteiger charge is -2.21. The number of hydrogen-bond acceptors (Lipinski definition) is 5. The van der Waals surface area contributed by atoms with Crippen molar-refractivity contribution in [2.75, 3.05) is 13.7 Å². The highest BCUT2D eigenvalue weighted by Crippen LogP contribution is 2.29. The number of sulfonamides is 1. The first-order valence-electron chi connectivity index (χ1n) is 7.08. The quantitative estimate of drug-likeness (QED) is 0.753. The molecule has 1 aromatic carbocycles. The molecule has 1 heterocycles. The second kappa shape index (κ2) is 8.11. The first-order chi connectivity index (χ1) is 11.5. The maximum absolute atomic E-state index is 12.9. The molecule has 0 spiro atoms. The van der Waals surface area contributed by atoms with E-state index in [1.54, 1.807) is 24.5 Å². The molecule has 8 heteroatoms. The summed E-state index contributed by atoms with van der Waals surface area (Å²) < 4.78 is 32.1. The van der Waals surface area contributed by atoms with E-state index in [1.165, 1.54) is 29.6 Å². The molecule has 0 aliphatic rings. The molecular weight excluding hydrogens is 350 g/mol. The largest absolute Gasteiger partial charge is 0.495 e. The Morgan fingerprint density at radius 3 is 2.75 bits per heavy atom. The maximum atomic E-state index is 12.9. The number of hydrogen-bond donors (Lipinski definition) is 0. The van der Waals surface area contributed by atoms with Gasteiger partial charge in [0, 0.05) is 31.9 Å². The molecule has 0 radical (unpaired) electrons. The summed E-state index contributed by atoms with van der Waals surface area (Å²) in [6.07, 6.45) is 3.29. The summed E-state index contributed by atoms with van der Waals surface area (Å²) >= 11 is 6.03. The zero-order valence-electron chi connectivity index (χ0n) is 13.0. The summed E-state index contributed by atoms with van der Waals surface area (Å²) in [5.74, 6) is 0.395. The van der Waals surface area contributed by atoms with Crippen molar-refractivity contribution >= 4 is 21.6 Å². The van der Waals surface area contributed by atoms with E-state index in [0.29, 0.717) is 5.75 Å². The highest BCUT2D eigenvalue weighted by atomic mass is 35.5. The molecule has 6 nitrogen and oxygen atoms in total. The number of pyridine rings is 1. The summed E-state index contributed by atoms with van der Waals surface area (Å²) in [5, 5.41) is 9.02. The Morgan fingerprint density at radius 1 is 1.38 bits per heavy atom. The molecular formula is C16H16ClN3O3S. The van der Waals surface area contributed by atoms with Gasteiger partial charge in [-0.1, -0.05) is 17.7 Å². The van der Waals surface area contributed by atoms with Gasteiger partial charge in [-0.15, -0.1) is 0 Å². The Hall–Kier alpha value is -2.14. The molecule has 0 aliphatic carbocycles. The van der Waals surface area contributed by atoms with Gasteiger partial charge >= 0.3 is 0 Å². The molecule has 0 fully saturated rings. The third-order valence-electron chi connectivity index (χ3n) is 3.32. The van der Waals surface area contributed by atoms with Crippen LogP contribution in [0.25, 0.3) is 0 Å². The first-order valence-corrected chi connectivity index (χ1v) is 8.90. The molecule has 0 aliphatic heterocycles. The average molecular weight is 366 g/mol. The summed E-state index contributed by atoms with van der Waals surface area (Å²) in [5.41, 5.74) is 0.735. The number of halogens is 1. The van der Waals surface area contributed by atoms with Crippen LogP contribution in [0.4, 0.5) is 0 Å². The zero-order chi connectivity index (χ0) is 17.6. The van der Waals surface area contributed by atoms with Gasteiger partial charge in [0.1, 0.15) is 5.75 Å². The molecule has 0 saturated carbocycles. The van der Waals surface area contributed by atoms with Crippen molar-refractivity contribution in [1.82, 2.24) is 9.29 Å². The summed E-state index contributed by atoms with van der Waals surface area (Å²) in [4.78, 5) is 4.04. The van der Waals surface area contributed by atoms with E-state index in [4.69, 9.17) is 21.6 Å². The molecule has 0 atom stereocenters. The van der Waals surface area contributed by atoms with Gasteiger partial charge < -0.3 is 4.74 Å². The van der Waals surface area contributed by atoms with Gasteiger partial charge in [0.15, 0.2) is 0 Å². The molecule has 126 valence electrons. The van der Waals surface area contributed by atoms with E-state index in [2.05, 4.69) is 4.98 Å². The maximum Gasteiger partial charge on any atom is 0.243 e. The minimum atomic E-state index is -3.80. The van der Waals surface area contributed by atoms with Crippen molar-refractivity contribution in [2.45, 2.75) is 17.9 Å². The van der Waals surface area contributed by atoms with Crippen molar-refractivity contribution in [2.24, 2.45) is 0 Å². The lowest BCUT2D eigenvalue weighted by atomic mass is 10.3. The monoisotopic (exact) mass is 365 g/mol. The summed E-state index contributed by atoms with van der Waals surface area (Å²) in [6.45, 7) is 0.207. The molecule has 1 aromatic heterocycles. The zero-order valence-corrected chi connectivity index (χ0v) is 14.6. The topological polar surface area (TPSA) is 83.3 Å². The van der Waals surface area contributed by atoms with E-state index in [-0.39, 0.29) is 29.4 Å². The van der Waals surface area contributed by atoms with Crippen LogP contribution in [0.2, 0.25) is 5.02 Å². The standard InChI is InChI=1S/C16H16ClN3O3S/c1-23-16-6-5-14(10-15(16)17)24(21,22)20(9-3-7-18)12-13-4-2-8-19-11-13/h2,4-6,8,10-11H,3,9,12H2,1H3. The van der Waals surface area contributed by atoms with Crippen molar-refractivity contribution in [3.63, 3.8) is 0 Å². The predicted molar refractivity (Wildman–Crippen MR) is 90.1 cm³/mol. The van der Waals surface area contributed by atoms with Crippen LogP contribution in [-0.2, 0) is 16.6 Å². The van der Waals surface area contributed by atoms with E-state index in [0.717, 1.165) is 5.56 Å². The Bertz CT molecular complexity index is 835. The highest BCUT2D eigenvalue weighted by molar-refractivity contribution is 7.89. The van der Waals surface area contributed by atoms with Gasteiger partial charge in [0.05, 0.1) is 23.1 Å². The van der Waals surface area contributed by atoms with Gasteiger partial charge in [-0.05, 0) is 29.8 Å². The van der Waals surface area contributed by atoms with Crippen LogP contribution in [0.15, 0.2) is 47.6 Å². The van der Waals surface area contributed by atoms with Crippen LogP contribution in [0.5, 0.6) is 5.75 Å². The number of methoxy groups -OCH3 is 1. The highest BCUT2D eigenvalue weighted by Gasteiger charge is 2.25. The second-order valence-electron chi connectivity index (χ2n) is 4.90. The van der Waals surface area contributed by atoms with Crippen LogP contribution >= 0.6 is 11.6 Å². The third kappa shape index (κ3) is 4.23. The second-order valence-corrected chi connectivity index (χ2v) is 7.25. The number of nitriles is 1. The number of nitrogens with zero attached hydrogens (tertiary/aromatic N) is 3. The van der Waals surface area contributed by atoms with Crippen LogP contribution in [-0.4, -0.2) is 31.4 Å². The fraction of sp³-hybridized carbons (Fsp3) is 0.250. The van der Waals surface area contributed by atoms with Crippen LogP contribution in [0.1, 0.15) is 12.0 Å². The number of aromatic nitrogens is 1. The SMILES string of the molecule is COc1ccc(S(=O)(=O)N(CCC#N)Cc2cccnc2)cc1Cl. The van der Waals surface area contributed by atoms with Gasteiger partial charge in [-0.25, -0.2) is 8.42 Å². The molecule has 0 saturated heterocycles. The Labute approximate surface area is 146 Å². The van der Waals surface area contributed by atoms with Crippen molar-refractivity contribution in [3.8, 4) is 11.8 Å². The molecule has 2 rings (SSSR count). The van der Waals surface area contributed by atoms with E-state index in [9.17, 15) is 8.42 Å². The Balaban J connectivity index is 2.36. The van der Waals surface area contributed by atoms with Crippen molar-refractivity contribution in [3.05, 3.63) is 53.3 Å². The predicted octanol–water partition coefficient (Wildman–Crippen LogP) is 2.85. The fourth-order valence-corrected chi connectivity index (χ4v) is 3.89. The van der Waals surface area contributed by atoms with Crippen LogP contribution in [0.3, 0.4) is 0 Å². The van der Waals surface area contributed by atoms with Crippen molar-refractivity contribution in [1.29, 1.82) is 5.26 Å². The normalized spacial score (nSPS) is 11.2. The van der Waals surface area contributed by atoms with E-state index in [1.807, 2.05) is 6.07 Å². The van der Waals surface area contributed by atoms with E-state index >= 15 is 0 Å². The molecule has 0 amide bonds. The molecule has 0 bridgehead atoms. The summed E-state index contributed by atoms with van der Waals surface area (Å²) in [7, 11) is -2.35. The van der Waals surface area contributed by atoms with E-state index < -0.39 is 10.0 Å². The average Bonchev–Trinajstić information content (AvgIpc) is 2.59. The molecule has 2 aromatic rings.